The number of nitrogens with zero attached hydrogens (tertiary/aromatic N) is 4. The van der Waals surface area contributed by atoms with Gasteiger partial charge in [0.2, 0.25) is 11.1 Å². The zero-order chi connectivity index (χ0) is 19.4. The van der Waals surface area contributed by atoms with E-state index < -0.39 is 0 Å². The molecule has 1 heterocycles. The van der Waals surface area contributed by atoms with Crippen LogP contribution in [0.2, 0.25) is 0 Å². The lowest BCUT2D eigenvalue weighted by Crippen LogP contribution is -2.17. The maximum atomic E-state index is 12.5. The van der Waals surface area contributed by atoms with Gasteiger partial charge in [0.1, 0.15) is 0 Å². The summed E-state index contributed by atoms with van der Waals surface area (Å²) in [6.45, 7) is 8.26. The first kappa shape index (κ1) is 19.1. The Kier molecular flexibility index (Phi) is 5.91. The fraction of sp³-hybridized carbons (Fsp3) is 0.300. The molecule has 3 aromatic rings. The fourth-order valence-corrected chi connectivity index (χ4v) is 3.53. The molecule has 27 heavy (non-hydrogen) atoms. The smallest absolute Gasteiger partial charge is 0.234 e. The average Bonchev–Trinajstić information content (AvgIpc) is 3.10. The van der Waals surface area contributed by atoms with Crippen LogP contribution in [0, 0.1) is 13.8 Å². The number of thioether (sulfide) groups is 1. The molecule has 1 N–H and O–H groups in total. The number of para-hydroxylation sites is 1. The molecule has 140 valence electrons. The standard InChI is InChI=1S/C20H23N5OS/c1-13(2)17-10-6-8-15(4)19(17)21-18(26)12-27-20-22-23-24-25(20)16-9-5-7-14(3)11-16/h5-11,13H,12H2,1-4H3,(H,21,26). The number of hydrogen-bond donors (Lipinski definition) is 1. The molecule has 0 unspecified atom stereocenters. The van der Waals surface area contributed by atoms with Crippen molar-refractivity contribution in [2.24, 2.45) is 0 Å². The summed E-state index contributed by atoms with van der Waals surface area (Å²) in [6, 6.07) is 14.0. The molecule has 2 aromatic carbocycles. The molecule has 1 aromatic heterocycles. The fourth-order valence-electron chi connectivity index (χ4n) is 2.84. The molecule has 0 fully saturated rings. The molecule has 0 saturated heterocycles. The highest BCUT2D eigenvalue weighted by atomic mass is 32.2. The van der Waals surface area contributed by atoms with Crippen LogP contribution in [0.1, 0.15) is 36.5 Å². The monoisotopic (exact) mass is 381 g/mol. The van der Waals surface area contributed by atoms with Gasteiger partial charge in [0, 0.05) is 5.69 Å². The average molecular weight is 382 g/mol. The minimum atomic E-state index is -0.0741. The normalized spacial score (nSPS) is 11.0. The van der Waals surface area contributed by atoms with Crippen LogP contribution < -0.4 is 5.32 Å². The van der Waals surface area contributed by atoms with Crippen molar-refractivity contribution in [2.45, 2.75) is 38.8 Å². The molecule has 1 amide bonds. The Morgan fingerprint density at radius 1 is 1.19 bits per heavy atom. The Bertz CT molecular complexity index is 951. The number of amides is 1. The lowest BCUT2D eigenvalue weighted by molar-refractivity contribution is -0.113. The SMILES string of the molecule is Cc1cccc(-n2nnnc2SCC(=O)Nc2c(C)cccc2C(C)C)c1. The third-order valence-electron chi connectivity index (χ3n) is 4.21. The van der Waals surface area contributed by atoms with Gasteiger partial charge in [-0.2, -0.15) is 4.68 Å². The molecule has 3 rings (SSSR count). The van der Waals surface area contributed by atoms with E-state index in [-0.39, 0.29) is 11.7 Å². The maximum Gasteiger partial charge on any atom is 0.234 e. The minimum absolute atomic E-state index is 0.0741. The maximum absolute atomic E-state index is 12.5. The van der Waals surface area contributed by atoms with Gasteiger partial charge in [0.15, 0.2) is 0 Å². The van der Waals surface area contributed by atoms with Gasteiger partial charge in [-0.3, -0.25) is 4.79 Å². The van der Waals surface area contributed by atoms with Crippen molar-refractivity contribution in [3.63, 3.8) is 0 Å². The topological polar surface area (TPSA) is 72.7 Å². The summed E-state index contributed by atoms with van der Waals surface area (Å²) < 4.78 is 1.65. The summed E-state index contributed by atoms with van der Waals surface area (Å²) in [5, 5.41) is 15.5. The van der Waals surface area contributed by atoms with Crippen molar-refractivity contribution in [2.75, 3.05) is 11.1 Å². The number of aryl methyl sites for hydroxylation is 2. The molecule has 0 aliphatic carbocycles. The van der Waals surface area contributed by atoms with Crippen LogP contribution in [0.15, 0.2) is 47.6 Å². The molecule has 0 spiro atoms. The van der Waals surface area contributed by atoms with E-state index in [1.807, 2.05) is 50.2 Å². The zero-order valence-corrected chi connectivity index (χ0v) is 16.7. The lowest BCUT2D eigenvalue weighted by atomic mass is 9.98. The number of nitrogens with one attached hydrogen (secondary N) is 1. The van der Waals surface area contributed by atoms with E-state index in [0.717, 1.165) is 28.1 Å². The summed E-state index contributed by atoms with van der Waals surface area (Å²) >= 11 is 1.32. The van der Waals surface area contributed by atoms with E-state index in [2.05, 4.69) is 40.8 Å². The van der Waals surface area contributed by atoms with Gasteiger partial charge in [-0.1, -0.05) is 55.9 Å². The van der Waals surface area contributed by atoms with E-state index in [1.165, 1.54) is 11.8 Å². The third kappa shape index (κ3) is 4.54. The summed E-state index contributed by atoms with van der Waals surface area (Å²) in [6.07, 6.45) is 0. The van der Waals surface area contributed by atoms with Crippen molar-refractivity contribution in [1.29, 1.82) is 0 Å². The van der Waals surface area contributed by atoms with E-state index in [4.69, 9.17) is 0 Å². The van der Waals surface area contributed by atoms with Crippen molar-refractivity contribution >= 4 is 23.4 Å². The number of carbonyl (C=O) groups excluding carboxylic acids is 1. The number of aromatic nitrogens is 4. The molecular formula is C20H23N5OS. The molecule has 0 aliphatic heterocycles. The molecule has 0 bridgehead atoms. The molecule has 6 nitrogen and oxygen atoms in total. The predicted molar refractivity (Wildman–Crippen MR) is 109 cm³/mol. The first-order valence-electron chi connectivity index (χ1n) is 8.83. The van der Waals surface area contributed by atoms with E-state index in [0.29, 0.717) is 11.1 Å². The Hall–Kier alpha value is -2.67. The van der Waals surface area contributed by atoms with Gasteiger partial charge >= 0.3 is 0 Å². The number of benzene rings is 2. The second kappa shape index (κ2) is 8.35. The minimum Gasteiger partial charge on any atom is -0.325 e. The largest absolute Gasteiger partial charge is 0.325 e. The predicted octanol–water partition coefficient (Wildman–Crippen LogP) is 4.13. The van der Waals surface area contributed by atoms with E-state index >= 15 is 0 Å². The van der Waals surface area contributed by atoms with Crippen LogP contribution >= 0.6 is 11.8 Å². The molecule has 0 atom stereocenters. The quantitative estimate of drug-likeness (QED) is 0.650. The van der Waals surface area contributed by atoms with Crippen molar-refractivity contribution in [3.8, 4) is 5.69 Å². The second-order valence-corrected chi connectivity index (χ2v) is 7.69. The Balaban J connectivity index is 1.71. The first-order chi connectivity index (χ1) is 13.0. The van der Waals surface area contributed by atoms with Crippen LogP contribution in [-0.4, -0.2) is 31.9 Å². The highest BCUT2D eigenvalue weighted by Gasteiger charge is 2.15. The van der Waals surface area contributed by atoms with Crippen LogP contribution in [-0.2, 0) is 4.79 Å². The zero-order valence-electron chi connectivity index (χ0n) is 15.9. The van der Waals surface area contributed by atoms with Crippen LogP contribution in [0.5, 0.6) is 0 Å². The van der Waals surface area contributed by atoms with Gasteiger partial charge < -0.3 is 5.32 Å². The molecule has 0 radical (unpaired) electrons. The van der Waals surface area contributed by atoms with E-state index in [9.17, 15) is 4.79 Å². The van der Waals surface area contributed by atoms with Gasteiger partial charge in [0.05, 0.1) is 11.4 Å². The van der Waals surface area contributed by atoms with Crippen LogP contribution in [0.25, 0.3) is 5.69 Å². The van der Waals surface area contributed by atoms with Crippen molar-refractivity contribution in [1.82, 2.24) is 20.2 Å². The lowest BCUT2D eigenvalue weighted by Gasteiger charge is -2.16. The number of hydrogen-bond acceptors (Lipinski definition) is 5. The highest BCUT2D eigenvalue weighted by Crippen LogP contribution is 2.28. The number of carbonyl (C=O) groups is 1. The van der Waals surface area contributed by atoms with Gasteiger partial charge in [-0.15, -0.1) is 5.10 Å². The van der Waals surface area contributed by atoms with Gasteiger partial charge in [-0.25, -0.2) is 0 Å². The highest BCUT2D eigenvalue weighted by molar-refractivity contribution is 7.99. The molecule has 0 saturated carbocycles. The van der Waals surface area contributed by atoms with Crippen LogP contribution in [0.4, 0.5) is 5.69 Å². The Labute approximate surface area is 163 Å². The summed E-state index contributed by atoms with van der Waals surface area (Å²) in [5.74, 6) is 0.495. The van der Waals surface area contributed by atoms with Crippen molar-refractivity contribution < 1.29 is 4.79 Å². The molecular weight excluding hydrogens is 358 g/mol. The van der Waals surface area contributed by atoms with Gasteiger partial charge in [0.25, 0.3) is 0 Å². The second-order valence-electron chi connectivity index (χ2n) is 6.74. The Morgan fingerprint density at radius 2 is 1.96 bits per heavy atom. The summed E-state index contributed by atoms with van der Waals surface area (Å²) in [5.41, 5.74) is 5.10. The number of rotatable bonds is 6. The number of anilines is 1. The molecule has 7 heteroatoms. The Morgan fingerprint density at radius 3 is 2.70 bits per heavy atom. The summed E-state index contributed by atoms with van der Waals surface area (Å²) in [4.78, 5) is 12.5. The molecule has 0 aliphatic rings. The van der Waals surface area contributed by atoms with Crippen molar-refractivity contribution in [3.05, 3.63) is 59.2 Å². The third-order valence-corrected chi connectivity index (χ3v) is 5.13. The van der Waals surface area contributed by atoms with Gasteiger partial charge in [-0.05, 0) is 59.0 Å². The van der Waals surface area contributed by atoms with Crippen LogP contribution in [0.3, 0.4) is 0 Å². The number of tetrazole rings is 1. The first-order valence-corrected chi connectivity index (χ1v) is 9.82. The summed E-state index contributed by atoms with van der Waals surface area (Å²) in [7, 11) is 0. The van der Waals surface area contributed by atoms with E-state index in [1.54, 1.807) is 4.68 Å².